The molecule has 6 nitrogen and oxygen atoms in total. The van der Waals surface area contributed by atoms with Crippen LogP contribution in [0.4, 0.5) is 5.69 Å². The van der Waals surface area contributed by atoms with Crippen LogP contribution < -0.4 is 16.2 Å². The molecule has 1 aromatic heterocycles. The van der Waals surface area contributed by atoms with E-state index in [0.29, 0.717) is 16.1 Å². The third kappa shape index (κ3) is 3.38. The van der Waals surface area contributed by atoms with Gasteiger partial charge in [0.25, 0.3) is 11.8 Å². The summed E-state index contributed by atoms with van der Waals surface area (Å²) in [5, 5.41) is 4.39. The lowest BCUT2D eigenvalue weighted by molar-refractivity contribution is -0.115. The van der Waals surface area contributed by atoms with Crippen LogP contribution in [-0.4, -0.2) is 23.0 Å². The van der Waals surface area contributed by atoms with Crippen LogP contribution in [0.5, 0.6) is 0 Å². The second-order valence-electron chi connectivity index (χ2n) is 4.85. The molecule has 1 aliphatic heterocycles. The predicted molar refractivity (Wildman–Crippen MR) is 89.6 cm³/mol. The van der Waals surface area contributed by atoms with E-state index < -0.39 is 5.91 Å². The Morgan fingerprint density at radius 1 is 1.17 bits per heavy atom. The Bertz CT molecular complexity index is 774. The number of rotatable bonds is 2. The minimum Gasteiger partial charge on any atom is -0.324 e. The van der Waals surface area contributed by atoms with Crippen LogP contribution in [0.1, 0.15) is 27.0 Å². The number of fused-ring (bicyclic) bond motifs is 1. The van der Waals surface area contributed by atoms with Gasteiger partial charge in [-0.25, -0.2) is 0 Å². The zero-order valence-corrected chi connectivity index (χ0v) is 13.7. The number of amides is 3. The van der Waals surface area contributed by atoms with Crippen LogP contribution in [0, 0.1) is 0 Å². The molecular formula is C15H13N3O3S2. The van der Waals surface area contributed by atoms with E-state index in [4.69, 9.17) is 0 Å². The van der Waals surface area contributed by atoms with Gasteiger partial charge in [0, 0.05) is 10.5 Å². The first-order chi connectivity index (χ1) is 11.0. The van der Waals surface area contributed by atoms with Crippen molar-refractivity contribution in [3.05, 3.63) is 46.2 Å². The SMILES string of the molecule is CC1Sc2ccc(C(=O)NNC(=O)c3cccs3)cc2NC1=O. The van der Waals surface area contributed by atoms with Gasteiger partial charge in [0.2, 0.25) is 5.91 Å². The number of benzene rings is 1. The van der Waals surface area contributed by atoms with E-state index in [9.17, 15) is 14.4 Å². The maximum atomic E-state index is 12.1. The molecule has 0 spiro atoms. The lowest BCUT2D eigenvalue weighted by Crippen LogP contribution is -2.41. The number of thiophene rings is 1. The molecule has 0 radical (unpaired) electrons. The Balaban J connectivity index is 1.67. The highest BCUT2D eigenvalue weighted by atomic mass is 32.2. The number of carbonyl (C=O) groups is 3. The fraction of sp³-hybridized carbons (Fsp3) is 0.133. The molecule has 2 aromatic rings. The highest BCUT2D eigenvalue weighted by Gasteiger charge is 2.23. The fourth-order valence-corrected chi connectivity index (χ4v) is 3.55. The molecule has 0 fully saturated rings. The minimum absolute atomic E-state index is 0.0916. The number of carbonyl (C=O) groups excluding carboxylic acids is 3. The van der Waals surface area contributed by atoms with Crippen LogP contribution in [-0.2, 0) is 4.79 Å². The van der Waals surface area contributed by atoms with Crippen LogP contribution in [0.3, 0.4) is 0 Å². The summed E-state index contributed by atoms with van der Waals surface area (Å²) in [5.74, 6) is -0.911. The Morgan fingerprint density at radius 2 is 1.96 bits per heavy atom. The van der Waals surface area contributed by atoms with Gasteiger partial charge < -0.3 is 5.32 Å². The summed E-state index contributed by atoms with van der Waals surface area (Å²) in [5.41, 5.74) is 5.68. The van der Waals surface area contributed by atoms with E-state index in [1.54, 1.807) is 35.7 Å². The molecule has 3 rings (SSSR count). The van der Waals surface area contributed by atoms with Crippen molar-refractivity contribution < 1.29 is 14.4 Å². The molecule has 118 valence electrons. The molecule has 1 unspecified atom stereocenters. The van der Waals surface area contributed by atoms with Crippen molar-refractivity contribution in [2.45, 2.75) is 17.1 Å². The first-order valence-electron chi connectivity index (χ1n) is 6.80. The lowest BCUT2D eigenvalue weighted by atomic mass is 10.2. The van der Waals surface area contributed by atoms with Gasteiger partial charge >= 0.3 is 0 Å². The number of hydrazine groups is 1. The summed E-state index contributed by atoms with van der Waals surface area (Å²) >= 11 is 2.73. The molecule has 1 aliphatic rings. The van der Waals surface area contributed by atoms with E-state index in [0.717, 1.165) is 4.90 Å². The zero-order chi connectivity index (χ0) is 16.4. The first kappa shape index (κ1) is 15.6. The third-order valence-corrected chi connectivity index (χ3v) is 5.25. The van der Waals surface area contributed by atoms with Gasteiger partial charge in [-0.3, -0.25) is 25.2 Å². The summed E-state index contributed by atoms with van der Waals surface area (Å²) < 4.78 is 0. The van der Waals surface area contributed by atoms with Gasteiger partial charge in [-0.1, -0.05) is 6.07 Å². The average molecular weight is 347 g/mol. The number of nitrogens with one attached hydrogen (secondary N) is 3. The number of hydrogen-bond acceptors (Lipinski definition) is 5. The Morgan fingerprint density at radius 3 is 2.70 bits per heavy atom. The summed E-state index contributed by atoms with van der Waals surface area (Å²) in [4.78, 5) is 37.0. The molecule has 1 aromatic carbocycles. The smallest absolute Gasteiger partial charge is 0.279 e. The Hall–Kier alpha value is -2.32. The molecule has 0 saturated heterocycles. The molecule has 1 atom stereocenters. The average Bonchev–Trinajstić information content (AvgIpc) is 3.07. The molecule has 0 aliphatic carbocycles. The third-order valence-electron chi connectivity index (χ3n) is 3.21. The molecule has 2 heterocycles. The standard InChI is InChI=1S/C15H13N3O3S2/c1-8-13(19)16-10-7-9(4-5-11(10)23-8)14(20)17-18-15(21)12-3-2-6-22-12/h2-8H,1H3,(H,16,19)(H,17,20)(H,18,21). The summed E-state index contributed by atoms with van der Waals surface area (Å²) in [6, 6.07) is 8.46. The van der Waals surface area contributed by atoms with E-state index >= 15 is 0 Å². The lowest BCUT2D eigenvalue weighted by Gasteiger charge is -2.21. The second-order valence-corrected chi connectivity index (χ2v) is 7.18. The molecule has 8 heteroatoms. The molecule has 0 bridgehead atoms. The molecule has 3 amide bonds. The Labute approximate surface area is 140 Å². The summed E-state index contributed by atoms with van der Waals surface area (Å²) in [6.45, 7) is 1.82. The normalized spacial score (nSPS) is 16.2. The predicted octanol–water partition coefficient (Wildman–Crippen LogP) is 2.26. The topological polar surface area (TPSA) is 87.3 Å². The summed E-state index contributed by atoms with van der Waals surface area (Å²) in [7, 11) is 0. The van der Waals surface area contributed by atoms with Crippen LogP contribution >= 0.6 is 23.1 Å². The summed E-state index contributed by atoms with van der Waals surface area (Å²) in [6.07, 6.45) is 0. The maximum Gasteiger partial charge on any atom is 0.279 e. The Kier molecular flexibility index (Phi) is 4.35. The fourth-order valence-electron chi connectivity index (χ4n) is 2.01. The van der Waals surface area contributed by atoms with Crippen LogP contribution in [0.15, 0.2) is 40.6 Å². The van der Waals surface area contributed by atoms with Gasteiger partial charge in [0.05, 0.1) is 15.8 Å². The highest BCUT2D eigenvalue weighted by Crippen LogP contribution is 2.35. The van der Waals surface area contributed by atoms with Crippen molar-refractivity contribution in [1.29, 1.82) is 0 Å². The van der Waals surface area contributed by atoms with E-state index in [1.807, 2.05) is 6.92 Å². The van der Waals surface area contributed by atoms with Gasteiger partial charge in [-0.05, 0) is 36.6 Å². The first-order valence-corrected chi connectivity index (χ1v) is 8.56. The molecule has 0 saturated carbocycles. The highest BCUT2D eigenvalue weighted by molar-refractivity contribution is 8.00. The number of anilines is 1. The van der Waals surface area contributed by atoms with Crippen molar-refractivity contribution in [1.82, 2.24) is 10.9 Å². The van der Waals surface area contributed by atoms with Crippen molar-refractivity contribution in [2.24, 2.45) is 0 Å². The van der Waals surface area contributed by atoms with Gasteiger partial charge in [-0.2, -0.15) is 0 Å². The van der Waals surface area contributed by atoms with Crippen molar-refractivity contribution in [3.8, 4) is 0 Å². The largest absolute Gasteiger partial charge is 0.324 e. The maximum absolute atomic E-state index is 12.1. The number of thioether (sulfide) groups is 1. The van der Waals surface area contributed by atoms with Crippen molar-refractivity contribution >= 4 is 46.5 Å². The van der Waals surface area contributed by atoms with Crippen molar-refractivity contribution in [3.63, 3.8) is 0 Å². The van der Waals surface area contributed by atoms with Gasteiger partial charge in [0.15, 0.2) is 0 Å². The molecule has 23 heavy (non-hydrogen) atoms. The van der Waals surface area contributed by atoms with Crippen LogP contribution in [0.25, 0.3) is 0 Å². The van der Waals surface area contributed by atoms with E-state index in [2.05, 4.69) is 16.2 Å². The minimum atomic E-state index is -0.449. The van der Waals surface area contributed by atoms with Crippen LogP contribution in [0.2, 0.25) is 0 Å². The van der Waals surface area contributed by atoms with Gasteiger partial charge in [-0.15, -0.1) is 23.1 Å². The quantitative estimate of drug-likeness (QED) is 0.727. The zero-order valence-electron chi connectivity index (χ0n) is 12.1. The van der Waals surface area contributed by atoms with E-state index in [-0.39, 0.29) is 17.1 Å². The van der Waals surface area contributed by atoms with E-state index in [1.165, 1.54) is 23.1 Å². The molecule has 3 N–H and O–H groups in total. The molecular weight excluding hydrogens is 334 g/mol. The van der Waals surface area contributed by atoms with Crippen molar-refractivity contribution in [2.75, 3.05) is 5.32 Å². The second kappa shape index (κ2) is 6.43. The number of hydrogen-bond donors (Lipinski definition) is 3. The van der Waals surface area contributed by atoms with Gasteiger partial charge in [0.1, 0.15) is 0 Å². The monoisotopic (exact) mass is 347 g/mol.